The zero-order valence-corrected chi connectivity index (χ0v) is 21.4. The molecule has 0 radical (unpaired) electrons. The highest BCUT2D eigenvalue weighted by molar-refractivity contribution is 5.51. The van der Waals surface area contributed by atoms with Crippen LogP contribution >= 0.6 is 0 Å². The van der Waals surface area contributed by atoms with Crippen molar-refractivity contribution in [3.63, 3.8) is 0 Å². The van der Waals surface area contributed by atoms with E-state index in [1.807, 2.05) is 0 Å². The Kier molecular flexibility index (Phi) is 7.87. The van der Waals surface area contributed by atoms with Crippen molar-refractivity contribution in [3.05, 3.63) is 81.2 Å². The number of aliphatic hydroxyl groups is 1. The van der Waals surface area contributed by atoms with Crippen molar-refractivity contribution in [2.75, 3.05) is 13.2 Å². The van der Waals surface area contributed by atoms with Crippen LogP contribution in [-0.2, 0) is 43.7 Å². The summed E-state index contributed by atoms with van der Waals surface area (Å²) >= 11 is 0. The first-order valence-corrected chi connectivity index (χ1v) is 12.7. The Morgan fingerprint density at radius 2 is 1.74 bits per heavy atom. The van der Waals surface area contributed by atoms with Crippen LogP contribution in [0.25, 0.3) is 5.69 Å². The SMILES string of the molecule is CCOC[C@H]1Cc2ccccc2CN1Cc1c(CC)nn(-c2c(C)cc(CO)cc2C)c1CC. The average Bonchev–Trinajstić information content (AvgIpc) is 3.18. The van der Waals surface area contributed by atoms with Gasteiger partial charge >= 0.3 is 0 Å². The Balaban J connectivity index is 1.74. The van der Waals surface area contributed by atoms with Crippen molar-refractivity contribution in [3.8, 4) is 5.69 Å². The molecule has 1 N–H and O–H groups in total. The maximum atomic E-state index is 9.64. The lowest BCUT2D eigenvalue weighted by Gasteiger charge is -2.37. The molecule has 0 bridgehead atoms. The third-order valence-electron chi connectivity index (χ3n) is 7.13. The Bertz CT molecular complexity index is 1110. The van der Waals surface area contributed by atoms with Crippen molar-refractivity contribution >= 4 is 0 Å². The van der Waals surface area contributed by atoms with Gasteiger partial charge in [-0.2, -0.15) is 5.10 Å². The molecule has 0 aliphatic carbocycles. The number of fused-ring (bicyclic) bond motifs is 1. The lowest BCUT2D eigenvalue weighted by Crippen LogP contribution is -2.43. The summed E-state index contributed by atoms with van der Waals surface area (Å²) in [6.07, 6.45) is 2.85. The van der Waals surface area contributed by atoms with Crippen molar-refractivity contribution in [2.45, 2.75) is 79.6 Å². The fourth-order valence-corrected chi connectivity index (χ4v) is 5.47. The summed E-state index contributed by atoms with van der Waals surface area (Å²) in [7, 11) is 0. The molecule has 1 atom stereocenters. The number of ether oxygens (including phenoxy) is 1. The van der Waals surface area contributed by atoms with Crippen LogP contribution in [0.5, 0.6) is 0 Å². The van der Waals surface area contributed by atoms with Gasteiger partial charge in [0.25, 0.3) is 0 Å². The summed E-state index contributed by atoms with van der Waals surface area (Å²) in [4.78, 5) is 2.59. The molecule has 1 aromatic heterocycles. The van der Waals surface area contributed by atoms with Gasteiger partial charge in [-0.15, -0.1) is 0 Å². The number of aryl methyl sites for hydroxylation is 3. The zero-order chi connectivity index (χ0) is 24.2. The van der Waals surface area contributed by atoms with E-state index in [9.17, 15) is 5.11 Å². The first-order valence-electron chi connectivity index (χ1n) is 12.7. The molecule has 5 heteroatoms. The quantitative estimate of drug-likeness (QED) is 0.483. The highest BCUT2D eigenvalue weighted by atomic mass is 16.5. The molecule has 1 aliphatic heterocycles. The number of rotatable bonds is 9. The van der Waals surface area contributed by atoms with Gasteiger partial charge in [0.1, 0.15) is 0 Å². The molecule has 0 unspecified atom stereocenters. The van der Waals surface area contributed by atoms with Crippen LogP contribution in [0, 0.1) is 13.8 Å². The topological polar surface area (TPSA) is 50.5 Å². The van der Waals surface area contributed by atoms with Crippen molar-refractivity contribution in [1.29, 1.82) is 0 Å². The predicted octanol–water partition coefficient (Wildman–Crippen LogP) is 5.07. The number of nitrogens with zero attached hydrogens (tertiary/aromatic N) is 3. The minimum atomic E-state index is 0.0603. The monoisotopic (exact) mass is 461 g/mol. The Labute approximate surface area is 204 Å². The molecule has 4 rings (SSSR count). The third kappa shape index (κ3) is 4.83. The van der Waals surface area contributed by atoms with E-state index in [2.05, 4.69) is 80.6 Å². The van der Waals surface area contributed by atoms with E-state index in [1.165, 1.54) is 28.1 Å². The summed E-state index contributed by atoms with van der Waals surface area (Å²) in [5.74, 6) is 0. The smallest absolute Gasteiger partial charge is 0.0707 e. The lowest BCUT2D eigenvalue weighted by atomic mass is 9.93. The fourth-order valence-electron chi connectivity index (χ4n) is 5.47. The molecule has 0 spiro atoms. The molecule has 0 fully saturated rings. The van der Waals surface area contributed by atoms with E-state index in [-0.39, 0.29) is 6.61 Å². The zero-order valence-electron chi connectivity index (χ0n) is 21.4. The first kappa shape index (κ1) is 24.6. The van der Waals surface area contributed by atoms with Crippen LogP contribution in [0.3, 0.4) is 0 Å². The summed E-state index contributed by atoms with van der Waals surface area (Å²) in [5, 5.41) is 14.8. The molecule has 2 heterocycles. The Morgan fingerprint density at radius 3 is 2.35 bits per heavy atom. The van der Waals surface area contributed by atoms with E-state index in [4.69, 9.17) is 9.84 Å². The van der Waals surface area contributed by atoms with Gasteiger partial charge in [0, 0.05) is 37.0 Å². The molecule has 3 aromatic rings. The van der Waals surface area contributed by atoms with Crippen molar-refractivity contribution in [2.24, 2.45) is 0 Å². The predicted molar refractivity (Wildman–Crippen MR) is 137 cm³/mol. The van der Waals surface area contributed by atoms with Crippen LogP contribution < -0.4 is 0 Å². The molecule has 5 nitrogen and oxygen atoms in total. The van der Waals surface area contributed by atoms with E-state index in [0.29, 0.717) is 6.04 Å². The summed E-state index contributed by atoms with van der Waals surface area (Å²) in [6.45, 7) is 14.1. The van der Waals surface area contributed by atoms with E-state index >= 15 is 0 Å². The number of benzene rings is 2. The Hall–Kier alpha value is -2.47. The molecule has 0 amide bonds. The summed E-state index contributed by atoms with van der Waals surface area (Å²) in [5.41, 5.74) is 11.1. The third-order valence-corrected chi connectivity index (χ3v) is 7.13. The van der Waals surface area contributed by atoms with E-state index < -0.39 is 0 Å². The number of hydrogen-bond donors (Lipinski definition) is 1. The molecule has 182 valence electrons. The van der Waals surface area contributed by atoms with Crippen molar-refractivity contribution in [1.82, 2.24) is 14.7 Å². The second-order valence-corrected chi connectivity index (χ2v) is 9.42. The summed E-state index contributed by atoms with van der Waals surface area (Å²) in [6, 6.07) is 13.3. The van der Waals surface area contributed by atoms with E-state index in [1.54, 1.807) is 0 Å². The molecule has 0 saturated heterocycles. The molecule has 34 heavy (non-hydrogen) atoms. The Morgan fingerprint density at radius 1 is 1.03 bits per heavy atom. The van der Waals surface area contributed by atoms with Crippen LogP contribution in [0.2, 0.25) is 0 Å². The number of aromatic nitrogens is 2. The number of hydrogen-bond acceptors (Lipinski definition) is 4. The van der Waals surface area contributed by atoms with Gasteiger partial charge in [-0.1, -0.05) is 50.2 Å². The van der Waals surface area contributed by atoms with Gasteiger partial charge in [-0.05, 0) is 67.9 Å². The minimum Gasteiger partial charge on any atom is -0.392 e. The van der Waals surface area contributed by atoms with Gasteiger partial charge in [0.05, 0.1) is 24.6 Å². The second kappa shape index (κ2) is 10.9. The highest BCUT2D eigenvalue weighted by Gasteiger charge is 2.29. The maximum Gasteiger partial charge on any atom is 0.0707 e. The normalized spacial score (nSPS) is 16.1. The fraction of sp³-hybridized carbons (Fsp3) is 0.483. The molecule has 2 aromatic carbocycles. The standard InChI is InChI=1S/C29H39N3O2/c1-6-27-26(17-31-16-24-12-10-9-11-23(24)15-25(31)19-34-8-3)28(7-2)32(30-27)29-20(4)13-22(18-33)14-21(29)5/h9-14,25,33H,6-8,15-19H2,1-5H3/t25-/m1/s1. The van der Waals surface area contributed by atoms with Gasteiger partial charge in [0.15, 0.2) is 0 Å². The summed E-state index contributed by atoms with van der Waals surface area (Å²) < 4.78 is 8.09. The van der Waals surface area contributed by atoms with Crippen molar-refractivity contribution < 1.29 is 9.84 Å². The minimum absolute atomic E-state index is 0.0603. The molecular formula is C29H39N3O2. The van der Waals surface area contributed by atoms with Crippen LogP contribution in [-0.4, -0.2) is 39.0 Å². The molecule has 0 saturated carbocycles. The average molecular weight is 462 g/mol. The van der Waals surface area contributed by atoms with Gasteiger partial charge < -0.3 is 9.84 Å². The maximum absolute atomic E-state index is 9.64. The lowest BCUT2D eigenvalue weighted by molar-refractivity contribution is 0.0511. The van der Waals surface area contributed by atoms with Gasteiger partial charge in [0.2, 0.25) is 0 Å². The number of aliphatic hydroxyl groups excluding tert-OH is 1. The largest absolute Gasteiger partial charge is 0.392 e. The second-order valence-electron chi connectivity index (χ2n) is 9.42. The van der Waals surface area contributed by atoms with Crippen LogP contribution in [0.1, 0.15) is 65.5 Å². The first-order chi connectivity index (χ1) is 16.5. The molecule has 1 aliphatic rings. The molecular weight excluding hydrogens is 422 g/mol. The van der Waals surface area contributed by atoms with Crippen LogP contribution in [0.4, 0.5) is 0 Å². The van der Waals surface area contributed by atoms with Gasteiger partial charge in [-0.25, -0.2) is 4.68 Å². The van der Waals surface area contributed by atoms with E-state index in [0.717, 1.165) is 67.9 Å². The highest BCUT2D eigenvalue weighted by Crippen LogP contribution is 2.30. The van der Waals surface area contributed by atoms with Crippen LogP contribution in [0.15, 0.2) is 36.4 Å². The van der Waals surface area contributed by atoms with Gasteiger partial charge in [-0.3, -0.25) is 4.90 Å².